The van der Waals surface area contributed by atoms with Gasteiger partial charge in [0, 0.05) is 13.0 Å². The third-order valence-corrected chi connectivity index (χ3v) is 6.31. The number of amides is 4. The number of aryl methyl sites for hydroxylation is 1. The summed E-state index contributed by atoms with van der Waals surface area (Å²) in [6.45, 7) is 7.14. The van der Waals surface area contributed by atoms with Crippen LogP contribution >= 0.6 is 0 Å². The lowest BCUT2D eigenvalue weighted by Gasteiger charge is -2.23. The molecule has 0 aliphatic rings. The molecule has 0 saturated carbocycles. The molecule has 218 valence electrons. The highest BCUT2D eigenvalue weighted by Gasteiger charge is 2.27. The molecule has 4 N–H and O–H groups in total. The Labute approximate surface area is 241 Å². The van der Waals surface area contributed by atoms with E-state index in [1.54, 1.807) is 27.7 Å². The third kappa shape index (κ3) is 10.7. The summed E-state index contributed by atoms with van der Waals surface area (Å²) in [6, 6.07) is 21.4. The van der Waals surface area contributed by atoms with Crippen LogP contribution < -0.4 is 21.4 Å². The van der Waals surface area contributed by atoms with Gasteiger partial charge < -0.3 is 16.0 Å². The van der Waals surface area contributed by atoms with Gasteiger partial charge in [-0.3, -0.25) is 24.0 Å². The van der Waals surface area contributed by atoms with Crippen LogP contribution in [0.3, 0.4) is 0 Å². The largest absolute Gasteiger partial charge is 0.350 e. The Hall–Kier alpha value is -4.24. The van der Waals surface area contributed by atoms with Crippen molar-refractivity contribution in [2.75, 3.05) is 0 Å². The number of carbonyl (C=O) groups excluding carboxylic acids is 4. The smallest absolute Gasteiger partial charge is 0.246 e. The first-order chi connectivity index (χ1) is 19.5. The van der Waals surface area contributed by atoms with Gasteiger partial charge in [-0.2, -0.15) is 0 Å². The molecule has 41 heavy (non-hydrogen) atoms. The van der Waals surface area contributed by atoms with E-state index < -0.39 is 29.5 Å². The summed E-state index contributed by atoms with van der Waals surface area (Å²) in [5, 5.41) is 10.2. The zero-order valence-corrected chi connectivity index (χ0v) is 24.2. The zero-order valence-electron chi connectivity index (χ0n) is 24.2. The first kappa shape index (κ1) is 31.3. The highest BCUT2D eigenvalue weighted by Crippen LogP contribution is 2.18. The zero-order chi connectivity index (χ0) is 29.8. The third-order valence-electron chi connectivity index (χ3n) is 6.31. The van der Waals surface area contributed by atoms with E-state index in [2.05, 4.69) is 21.4 Å². The Morgan fingerprint density at radius 3 is 2.22 bits per heavy atom. The molecule has 0 radical (unpaired) electrons. The molecule has 0 aromatic heterocycles. The molecule has 0 unspecified atom stereocenters. The summed E-state index contributed by atoms with van der Waals surface area (Å²) in [5.41, 5.74) is 3.75. The second-order valence-electron chi connectivity index (χ2n) is 11.0. The first-order valence-electron chi connectivity index (χ1n) is 13.9. The fourth-order valence-electron chi connectivity index (χ4n) is 4.17. The van der Waals surface area contributed by atoms with Crippen molar-refractivity contribution in [3.05, 3.63) is 83.9 Å². The molecule has 0 aliphatic heterocycles. The molecular formula is C32H40N4O5. The lowest BCUT2D eigenvalue weighted by atomic mass is 10.0. The van der Waals surface area contributed by atoms with Crippen LogP contribution in [0.4, 0.5) is 0 Å². The van der Waals surface area contributed by atoms with Crippen molar-refractivity contribution in [2.45, 2.75) is 77.6 Å². The Balaban J connectivity index is 1.58. The summed E-state index contributed by atoms with van der Waals surface area (Å²) in [7, 11) is 0. The minimum absolute atomic E-state index is 0.180. The summed E-state index contributed by atoms with van der Waals surface area (Å²) in [6.07, 6.45) is 1.12. The molecular weight excluding hydrogens is 520 g/mol. The van der Waals surface area contributed by atoms with Gasteiger partial charge in [-0.05, 0) is 62.4 Å². The van der Waals surface area contributed by atoms with Crippen molar-refractivity contribution in [2.24, 2.45) is 0 Å². The summed E-state index contributed by atoms with van der Waals surface area (Å²) >= 11 is 0. The Morgan fingerprint density at radius 2 is 1.49 bits per heavy atom. The Bertz CT molecular complexity index is 1330. The van der Waals surface area contributed by atoms with Gasteiger partial charge in [0.15, 0.2) is 0 Å². The van der Waals surface area contributed by atoms with Crippen LogP contribution in [0, 0.1) is 0 Å². The lowest BCUT2D eigenvalue weighted by molar-refractivity contribution is -0.147. The van der Waals surface area contributed by atoms with Crippen LogP contribution in [0.15, 0.2) is 72.8 Å². The van der Waals surface area contributed by atoms with Crippen molar-refractivity contribution in [3.63, 3.8) is 0 Å². The molecule has 4 amide bonds. The number of fused-ring (bicyclic) bond motifs is 1. The molecule has 0 aliphatic carbocycles. The van der Waals surface area contributed by atoms with E-state index in [0.717, 1.165) is 21.9 Å². The second-order valence-corrected chi connectivity index (χ2v) is 11.0. The number of hydrogen-bond donors (Lipinski definition) is 4. The van der Waals surface area contributed by atoms with Crippen LogP contribution in [-0.2, 0) is 37.0 Å². The average molecular weight is 561 g/mol. The predicted octanol–water partition coefficient (Wildman–Crippen LogP) is 3.70. The predicted molar refractivity (Wildman–Crippen MR) is 158 cm³/mol. The van der Waals surface area contributed by atoms with Gasteiger partial charge in [0.05, 0.1) is 12.0 Å². The number of hydrogen-bond acceptors (Lipinski definition) is 5. The van der Waals surface area contributed by atoms with Crippen LogP contribution in [0.25, 0.3) is 10.8 Å². The van der Waals surface area contributed by atoms with Gasteiger partial charge in [-0.1, -0.05) is 72.8 Å². The van der Waals surface area contributed by atoms with E-state index in [4.69, 9.17) is 4.84 Å². The minimum atomic E-state index is -1.18. The van der Waals surface area contributed by atoms with E-state index in [0.29, 0.717) is 12.8 Å². The molecule has 9 heteroatoms. The SMILES string of the molecule is C[C@H](NC(=O)[C@H](CC(=O)NOC(C)(C)C)NC(=O)CCCc1ccccc1)C(=O)NCc1cccc2ccccc12. The van der Waals surface area contributed by atoms with Crippen molar-refractivity contribution < 1.29 is 24.0 Å². The number of hydroxylamine groups is 1. The van der Waals surface area contributed by atoms with Gasteiger partial charge in [0.1, 0.15) is 12.1 Å². The van der Waals surface area contributed by atoms with Crippen LogP contribution in [-0.4, -0.2) is 41.3 Å². The highest BCUT2D eigenvalue weighted by molar-refractivity contribution is 5.94. The number of carbonyl (C=O) groups is 4. The Morgan fingerprint density at radius 1 is 0.805 bits per heavy atom. The minimum Gasteiger partial charge on any atom is -0.350 e. The van der Waals surface area contributed by atoms with Crippen molar-refractivity contribution in [1.82, 2.24) is 21.4 Å². The number of benzene rings is 3. The molecule has 0 heterocycles. The van der Waals surface area contributed by atoms with E-state index in [1.165, 1.54) is 0 Å². The van der Waals surface area contributed by atoms with E-state index in [-0.39, 0.29) is 31.2 Å². The summed E-state index contributed by atoms with van der Waals surface area (Å²) in [4.78, 5) is 56.5. The van der Waals surface area contributed by atoms with Gasteiger partial charge in [-0.15, -0.1) is 0 Å². The fourth-order valence-corrected chi connectivity index (χ4v) is 4.17. The van der Waals surface area contributed by atoms with E-state index >= 15 is 0 Å². The quantitative estimate of drug-likeness (QED) is 0.237. The maximum Gasteiger partial charge on any atom is 0.246 e. The van der Waals surface area contributed by atoms with E-state index in [1.807, 2.05) is 72.8 Å². The van der Waals surface area contributed by atoms with Crippen LogP contribution in [0.1, 0.15) is 58.1 Å². The first-order valence-corrected chi connectivity index (χ1v) is 13.9. The van der Waals surface area contributed by atoms with Gasteiger partial charge in [-0.25, -0.2) is 5.48 Å². The molecule has 0 bridgehead atoms. The molecule has 0 fully saturated rings. The molecule has 0 saturated heterocycles. The standard InChI is InChI=1S/C32H40N4O5/c1-22(30(39)33-21-25-17-11-16-24-15-8-9-18-26(24)25)34-31(40)27(20-29(38)36-41-32(2,3)4)35-28(37)19-10-14-23-12-6-5-7-13-23/h5-9,11-13,15-18,22,27H,10,14,19-21H2,1-4H3,(H,33,39)(H,34,40)(H,35,37)(H,36,38)/t22-,27-/m0/s1. The average Bonchev–Trinajstić information content (AvgIpc) is 2.94. The number of rotatable bonds is 13. The fraction of sp³-hybridized carbons (Fsp3) is 0.375. The van der Waals surface area contributed by atoms with Gasteiger partial charge in [0.2, 0.25) is 23.6 Å². The van der Waals surface area contributed by atoms with Crippen molar-refractivity contribution >= 4 is 34.4 Å². The van der Waals surface area contributed by atoms with Crippen LogP contribution in [0.2, 0.25) is 0 Å². The maximum atomic E-state index is 13.1. The monoisotopic (exact) mass is 560 g/mol. The highest BCUT2D eigenvalue weighted by atomic mass is 16.7. The van der Waals surface area contributed by atoms with Crippen LogP contribution in [0.5, 0.6) is 0 Å². The molecule has 3 rings (SSSR count). The second kappa shape index (κ2) is 14.9. The molecule has 2 atom stereocenters. The maximum absolute atomic E-state index is 13.1. The topological polar surface area (TPSA) is 126 Å². The Kier molecular flexibility index (Phi) is 11.4. The lowest BCUT2D eigenvalue weighted by Crippen LogP contribution is -2.54. The van der Waals surface area contributed by atoms with Gasteiger partial charge >= 0.3 is 0 Å². The molecule has 3 aromatic carbocycles. The summed E-state index contributed by atoms with van der Waals surface area (Å²) < 4.78 is 0. The normalized spacial score (nSPS) is 12.7. The van der Waals surface area contributed by atoms with Gasteiger partial charge in [0.25, 0.3) is 0 Å². The summed E-state index contributed by atoms with van der Waals surface area (Å²) in [5.74, 6) is -1.96. The molecule has 0 spiro atoms. The van der Waals surface area contributed by atoms with E-state index in [9.17, 15) is 19.2 Å². The molecule has 9 nitrogen and oxygen atoms in total. The molecule has 3 aromatic rings. The number of nitrogens with one attached hydrogen (secondary N) is 4. The van der Waals surface area contributed by atoms with Crippen molar-refractivity contribution in [3.8, 4) is 0 Å². The van der Waals surface area contributed by atoms with Crippen molar-refractivity contribution in [1.29, 1.82) is 0 Å².